The summed E-state index contributed by atoms with van der Waals surface area (Å²) in [4.78, 5) is 14.0. The van der Waals surface area contributed by atoms with Gasteiger partial charge in [0.2, 0.25) is 0 Å². The quantitative estimate of drug-likeness (QED) is 0.286. The summed E-state index contributed by atoms with van der Waals surface area (Å²) in [6, 6.07) is 0. The zero-order valence-corrected chi connectivity index (χ0v) is 8.66. The SMILES string of the molecule is CC(C)(C)OC(=O)C(C)(C)N=[N+]=[N-]. The van der Waals surface area contributed by atoms with Gasteiger partial charge in [-0.15, -0.1) is 0 Å². The van der Waals surface area contributed by atoms with E-state index in [2.05, 4.69) is 10.0 Å². The molecule has 0 aromatic rings. The molecule has 0 atom stereocenters. The number of carbonyl (C=O) groups excluding carboxylic acids is 1. The molecule has 0 aliphatic carbocycles. The predicted octanol–water partition coefficient (Wildman–Crippen LogP) is 2.42. The number of esters is 1. The van der Waals surface area contributed by atoms with Crippen LogP contribution in [-0.4, -0.2) is 17.1 Å². The van der Waals surface area contributed by atoms with Crippen LogP contribution in [0.15, 0.2) is 5.11 Å². The maximum Gasteiger partial charge on any atom is 0.317 e. The van der Waals surface area contributed by atoms with Crippen LogP contribution in [0.25, 0.3) is 10.4 Å². The van der Waals surface area contributed by atoms with Gasteiger partial charge in [0.05, 0.1) is 0 Å². The fourth-order valence-corrected chi connectivity index (χ4v) is 0.556. The van der Waals surface area contributed by atoms with E-state index in [0.29, 0.717) is 0 Å². The Hall–Kier alpha value is -1.22. The molecule has 0 rings (SSSR count). The third-order valence-electron chi connectivity index (χ3n) is 1.19. The molecular weight excluding hydrogens is 170 g/mol. The zero-order valence-electron chi connectivity index (χ0n) is 8.66. The summed E-state index contributed by atoms with van der Waals surface area (Å²) in [5, 5.41) is 3.35. The van der Waals surface area contributed by atoms with Crippen molar-refractivity contribution in [2.45, 2.75) is 45.8 Å². The summed E-state index contributed by atoms with van der Waals surface area (Å²) < 4.78 is 5.05. The van der Waals surface area contributed by atoms with Crippen molar-refractivity contribution in [2.75, 3.05) is 0 Å². The Kier molecular flexibility index (Phi) is 3.32. The van der Waals surface area contributed by atoms with Crippen LogP contribution in [0.2, 0.25) is 0 Å². The summed E-state index contributed by atoms with van der Waals surface area (Å²) in [5.41, 5.74) is 6.51. The molecule has 0 spiro atoms. The van der Waals surface area contributed by atoms with E-state index in [1.165, 1.54) is 13.8 Å². The molecular formula is C8H15N3O2. The molecule has 0 aromatic carbocycles. The molecule has 0 saturated carbocycles. The fourth-order valence-electron chi connectivity index (χ4n) is 0.556. The monoisotopic (exact) mass is 185 g/mol. The first kappa shape index (κ1) is 11.8. The Labute approximate surface area is 77.7 Å². The van der Waals surface area contributed by atoms with Crippen LogP contribution >= 0.6 is 0 Å². The largest absolute Gasteiger partial charge is 0.459 e. The van der Waals surface area contributed by atoms with Crippen molar-refractivity contribution in [3.05, 3.63) is 10.4 Å². The van der Waals surface area contributed by atoms with Gasteiger partial charge in [0, 0.05) is 4.91 Å². The lowest BCUT2D eigenvalue weighted by molar-refractivity contribution is -0.160. The molecule has 13 heavy (non-hydrogen) atoms. The Morgan fingerprint density at radius 1 is 1.31 bits per heavy atom. The highest BCUT2D eigenvalue weighted by atomic mass is 16.6. The minimum atomic E-state index is -1.14. The Morgan fingerprint density at radius 3 is 2.08 bits per heavy atom. The van der Waals surface area contributed by atoms with E-state index in [1.54, 1.807) is 20.8 Å². The summed E-state index contributed by atoms with van der Waals surface area (Å²) in [5.74, 6) is -0.516. The maximum atomic E-state index is 11.4. The second-order valence-electron chi connectivity index (χ2n) is 4.25. The van der Waals surface area contributed by atoms with Crippen molar-refractivity contribution in [1.82, 2.24) is 0 Å². The van der Waals surface area contributed by atoms with E-state index in [0.717, 1.165) is 0 Å². The van der Waals surface area contributed by atoms with Crippen molar-refractivity contribution in [3.63, 3.8) is 0 Å². The van der Waals surface area contributed by atoms with Crippen molar-refractivity contribution < 1.29 is 9.53 Å². The summed E-state index contributed by atoms with van der Waals surface area (Å²) >= 11 is 0. The first-order valence-corrected chi connectivity index (χ1v) is 3.99. The lowest BCUT2D eigenvalue weighted by atomic mass is 10.1. The lowest BCUT2D eigenvalue weighted by Crippen LogP contribution is -2.36. The van der Waals surface area contributed by atoms with Gasteiger partial charge in [-0.3, -0.25) is 4.79 Å². The van der Waals surface area contributed by atoms with Gasteiger partial charge in [0.15, 0.2) is 0 Å². The molecule has 0 saturated heterocycles. The Morgan fingerprint density at radius 2 is 1.77 bits per heavy atom. The average Bonchev–Trinajstić information content (AvgIpc) is 1.82. The van der Waals surface area contributed by atoms with Crippen LogP contribution in [0.4, 0.5) is 0 Å². The predicted molar refractivity (Wildman–Crippen MR) is 49.1 cm³/mol. The van der Waals surface area contributed by atoms with Crippen molar-refractivity contribution in [3.8, 4) is 0 Å². The third-order valence-corrected chi connectivity index (χ3v) is 1.19. The van der Waals surface area contributed by atoms with Crippen LogP contribution in [0.3, 0.4) is 0 Å². The van der Waals surface area contributed by atoms with Gasteiger partial charge >= 0.3 is 5.97 Å². The van der Waals surface area contributed by atoms with Gasteiger partial charge in [-0.1, -0.05) is 5.11 Å². The second kappa shape index (κ2) is 3.66. The Bertz CT molecular complexity index is 247. The van der Waals surface area contributed by atoms with Gasteiger partial charge in [-0.25, -0.2) is 0 Å². The van der Waals surface area contributed by atoms with Gasteiger partial charge in [-0.2, -0.15) is 0 Å². The average molecular weight is 185 g/mol. The summed E-state index contributed by atoms with van der Waals surface area (Å²) in [7, 11) is 0. The summed E-state index contributed by atoms with van der Waals surface area (Å²) in [6.45, 7) is 8.31. The number of azide groups is 1. The van der Waals surface area contributed by atoms with E-state index in [9.17, 15) is 4.79 Å². The number of hydrogen-bond donors (Lipinski definition) is 0. The number of ether oxygens (including phenoxy) is 1. The highest BCUT2D eigenvalue weighted by Gasteiger charge is 2.31. The van der Waals surface area contributed by atoms with Crippen molar-refractivity contribution in [2.24, 2.45) is 5.11 Å². The van der Waals surface area contributed by atoms with Gasteiger partial charge in [-0.05, 0) is 40.1 Å². The number of hydrogen-bond acceptors (Lipinski definition) is 3. The van der Waals surface area contributed by atoms with Crippen molar-refractivity contribution >= 4 is 5.97 Å². The minimum Gasteiger partial charge on any atom is -0.459 e. The molecule has 74 valence electrons. The number of nitrogens with zero attached hydrogens (tertiary/aromatic N) is 3. The van der Waals surface area contributed by atoms with Crippen LogP contribution in [0.5, 0.6) is 0 Å². The molecule has 0 bridgehead atoms. The van der Waals surface area contributed by atoms with Crippen LogP contribution in [0.1, 0.15) is 34.6 Å². The van der Waals surface area contributed by atoms with Crippen LogP contribution in [-0.2, 0) is 9.53 Å². The standard InChI is InChI=1S/C8H15N3O2/c1-7(2,3)13-6(12)8(4,5)10-11-9/h1-5H3. The molecule has 0 N–H and O–H groups in total. The molecule has 0 aliphatic rings. The highest BCUT2D eigenvalue weighted by molar-refractivity contribution is 5.80. The molecule has 0 aliphatic heterocycles. The van der Waals surface area contributed by atoms with E-state index in [4.69, 9.17) is 10.3 Å². The molecule has 0 heterocycles. The number of rotatable bonds is 2. The molecule has 0 unspecified atom stereocenters. The molecule has 0 fully saturated rings. The van der Waals surface area contributed by atoms with E-state index >= 15 is 0 Å². The minimum absolute atomic E-state index is 0.516. The van der Waals surface area contributed by atoms with Gasteiger partial charge < -0.3 is 4.74 Å². The van der Waals surface area contributed by atoms with Crippen LogP contribution < -0.4 is 0 Å². The van der Waals surface area contributed by atoms with E-state index in [1.807, 2.05) is 0 Å². The normalized spacial score (nSPS) is 11.8. The first-order valence-electron chi connectivity index (χ1n) is 3.99. The third kappa shape index (κ3) is 4.38. The topological polar surface area (TPSA) is 75.1 Å². The molecule has 0 radical (unpaired) electrons. The zero-order chi connectivity index (χ0) is 10.7. The van der Waals surface area contributed by atoms with Crippen LogP contribution in [0, 0.1) is 0 Å². The van der Waals surface area contributed by atoms with E-state index in [-0.39, 0.29) is 0 Å². The first-order chi connectivity index (χ1) is 5.69. The number of carbonyl (C=O) groups is 1. The molecule has 0 amide bonds. The maximum absolute atomic E-state index is 11.4. The molecule has 5 heteroatoms. The molecule has 0 aromatic heterocycles. The van der Waals surface area contributed by atoms with E-state index < -0.39 is 17.1 Å². The summed E-state index contributed by atoms with van der Waals surface area (Å²) in [6.07, 6.45) is 0. The second-order valence-corrected chi connectivity index (χ2v) is 4.25. The van der Waals surface area contributed by atoms with Gasteiger partial charge in [0.1, 0.15) is 11.1 Å². The fraction of sp³-hybridized carbons (Fsp3) is 0.875. The Balaban J connectivity index is 4.52. The smallest absolute Gasteiger partial charge is 0.317 e. The van der Waals surface area contributed by atoms with Crippen molar-refractivity contribution in [1.29, 1.82) is 0 Å². The highest BCUT2D eigenvalue weighted by Crippen LogP contribution is 2.17. The van der Waals surface area contributed by atoms with Gasteiger partial charge in [0.25, 0.3) is 0 Å². The molecule has 5 nitrogen and oxygen atoms in total. The lowest BCUT2D eigenvalue weighted by Gasteiger charge is -2.25.